The van der Waals surface area contributed by atoms with Gasteiger partial charge in [-0.2, -0.15) is 0 Å². The molecule has 1 unspecified atom stereocenters. The first kappa shape index (κ1) is 22.7. The summed E-state index contributed by atoms with van der Waals surface area (Å²) in [4.78, 5) is 1.40. The Hall–Kier alpha value is -2.48. The number of nitrogens with one attached hydrogen (secondary N) is 2. The fraction of sp³-hybridized carbons (Fsp3) is 0.375. The number of benzene rings is 2. The summed E-state index contributed by atoms with van der Waals surface area (Å²) in [6.45, 7) is 2.59. The van der Waals surface area contributed by atoms with E-state index in [1.165, 1.54) is 37.0 Å². The number of para-hydroxylation sites is 1. The highest BCUT2D eigenvalue weighted by molar-refractivity contribution is 7.80. The van der Waals surface area contributed by atoms with Crippen LogP contribution in [0, 0.1) is 6.92 Å². The maximum atomic E-state index is 11.1. The normalized spacial score (nSPS) is 16.0. The molecule has 4 rings (SSSR count). The molecular formula is C24H29ClN5OS+. The van der Waals surface area contributed by atoms with Gasteiger partial charge in [0, 0.05) is 16.1 Å². The van der Waals surface area contributed by atoms with Crippen molar-refractivity contribution in [2.75, 3.05) is 12.4 Å². The Labute approximate surface area is 198 Å². The fourth-order valence-electron chi connectivity index (χ4n) is 4.48. The summed E-state index contributed by atoms with van der Waals surface area (Å²) in [5.74, 6) is 0.117. The molecule has 0 saturated heterocycles. The summed E-state index contributed by atoms with van der Waals surface area (Å²) in [6.07, 6.45) is 6.38. The first-order valence-corrected chi connectivity index (χ1v) is 11.8. The van der Waals surface area contributed by atoms with Gasteiger partial charge in [-0.05, 0) is 68.6 Å². The number of rotatable bonds is 5. The molecule has 0 radical (unpaired) electrons. The molecule has 1 aliphatic carbocycles. The SMILES string of the molecule is Cc1c(Cl)cccc1NC(=S)N=Nc1c(O)n(C[NH+](C)C2CCCCC2)c2ccccc12. The molecule has 0 aliphatic heterocycles. The van der Waals surface area contributed by atoms with E-state index in [9.17, 15) is 5.11 Å². The largest absolute Gasteiger partial charge is 0.493 e. The molecule has 6 nitrogen and oxygen atoms in total. The van der Waals surface area contributed by atoms with Gasteiger partial charge < -0.3 is 15.3 Å². The number of anilines is 1. The van der Waals surface area contributed by atoms with Gasteiger partial charge in [-0.1, -0.05) is 42.3 Å². The number of thiocarbonyl (C=S) groups is 1. The van der Waals surface area contributed by atoms with Gasteiger partial charge in [0.1, 0.15) is 0 Å². The Morgan fingerprint density at radius 1 is 1.19 bits per heavy atom. The number of hydrogen-bond donors (Lipinski definition) is 3. The van der Waals surface area contributed by atoms with Crippen molar-refractivity contribution in [3.05, 3.63) is 53.1 Å². The van der Waals surface area contributed by atoms with Crippen LogP contribution in [0.2, 0.25) is 5.02 Å². The number of azo groups is 1. The van der Waals surface area contributed by atoms with Gasteiger partial charge in [0.25, 0.3) is 0 Å². The van der Waals surface area contributed by atoms with Crippen molar-refractivity contribution in [2.24, 2.45) is 10.2 Å². The van der Waals surface area contributed by atoms with Crippen LogP contribution in [-0.4, -0.2) is 27.9 Å². The van der Waals surface area contributed by atoms with Gasteiger partial charge in [-0.25, -0.2) is 0 Å². The Morgan fingerprint density at radius 3 is 2.72 bits per heavy atom. The Balaban J connectivity index is 1.58. The second-order valence-corrected chi connectivity index (χ2v) is 9.29. The number of halogens is 1. The fourth-order valence-corrected chi connectivity index (χ4v) is 4.81. The van der Waals surface area contributed by atoms with Crippen LogP contribution < -0.4 is 10.2 Å². The van der Waals surface area contributed by atoms with Gasteiger partial charge in [-0.15, -0.1) is 10.2 Å². The van der Waals surface area contributed by atoms with Gasteiger partial charge >= 0.3 is 0 Å². The lowest BCUT2D eigenvalue weighted by atomic mass is 9.95. The number of nitrogens with zero attached hydrogens (tertiary/aromatic N) is 3. The third-order valence-corrected chi connectivity index (χ3v) is 6.97. The number of quaternary nitrogens is 1. The predicted molar refractivity (Wildman–Crippen MR) is 134 cm³/mol. The molecule has 1 heterocycles. The second-order valence-electron chi connectivity index (χ2n) is 8.50. The first-order chi connectivity index (χ1) is 15.5. The minimum absolute atomic E-state index is 0.117. The average Bonchev–Trinajstić information content (AvgIpc) is 3.07. The summed E-state index contributed by atoms with van der Waals surface area (Å²) in [5, 5.41) is 24.3. The number of aromatic hydroxyl groups is 1. The Bertz CT molecular complexity index is 1150. The van der Waals surface area contributed by atoms with Crippen molar-refractivity contribution >= 4 is 51.2 Å². The minimum Gasteiger partial charge on any atom is -0.493 e. The third-order valence-electron chi connectivity index (χ3n) is 6.38. The van der Waals surface area contributed by atoms with Crippen molar-refractivity contribution in [1.29, 1.82) is 0 Å². The third kappa shape index (κ3) is 4.80. The van der Waals surface area contributed by atoms with Crippen LogP contribution in [0.4, 0.5) is 11.4 Å². The molecule has 168 valence electrons. The lowest BCUT2D eigenvalue weighted by Crippen LogP contribution is -3.12. The molecule has 1 saturated carbocycles. The molecular weight excluding hydrogens is 442 g/mol. The zero-order chi connectivity index (χ0) is 22.7. The molecule has 0 amide bonds. The van der Waals surface area contributed by atoms with Gasteiger partial charge in [0.15, 0.2) is 12.4 Å². The molecule has 3 N–H and O–H groups in total. The topological polar surface area (TPSA) is 66.4 Å². The van der Waals surface area contributed by atoms with E-state index in [1.54, 1.807) is 0 Å². The van der Waals surface area contributed by atoms with E-state index in [0.717, 1.165) is 22.2 Å². The summed E-state index contributed by atoms with van der Waals surface area (Å²) in [6, 6.07) is 14.1. The van der Waals surface area contributed by atoms with Crippen LogP contribution in [0.25, 0.3) is 10.9 Å². The zero-order valence-electron chi connectivity index (χ0n) is 18.4. The van der Waals surface area contributed by atoms with E-state index in [0.29, 0.717) is 23.4 Å². The maximum Gasteiger partial charge on any atom is 0.225 e. The van der Waals surface area contributed by atoms with Crippen LogP contribution in [0.5, 0.6) is 5.88 Å². The van der Waals surface area contributed by atoms with E-state index < -0.39 is 0 Å². The van der Waals surface area contributed by atoms with Crippen LogP contribution in [-0.2, 0) is 6.67 Å². The first-order valence-electron chi connectivity index (χ1n) is 11.1. The summed E-state index contributed by atoms with van der Waals surface area (Å²) in [7, 11) is 2.21. The zero-order valence-corrected chi connectivity index (χ0v) is 20.0. The lowest BCUT2D eigenvalue weighted by molar-refractivity contribution is -0.929. The Morgan fingerprint density at radius 2 is 1.94 bits per heavy atom. The van der Waals surface area contributed by atoms with Crippen molar-refractivity contribution in [3.63, 3.8) is 0 Å². The maximum absolute atomic E-state index is 11.1. The molecule has 0 bridgehead atoms. The molecule has 1 atom stereocenters. The van der Waals surface area contributed by atoms with E-state index in [4.69, 9.17) is 23.8 Å². The van der Waals surface area contributed by atoms with Crippen LogP contribution >= 0.6 is 23.8 Å². The smallest absolute Gasteiger partial charge is 0.225 e. The summed E-state index contributed by atoms with van der Waals surface area (Å²) >= 11 is 11.5. The molecule has 1 fully saturated rings. The van der Waals surface area contributed by atoms with E-state index in [1.807, 2.05) is 54.0 Å². The van der Waals surface area contributed by atoms with Gasteiger partial charge in [0.05, 0.1) is 18.6 Å². The van der Waals surface area contributed by atoms with Crippen LogP contribution in [0.3, 0.4) is 0 Å². The number of aromatic nitrogens is 1. The average molecular weight is 471 g/mol. The standard InChI is InChI=1S/C24H28ClN5OS/c1-16-19(25)12-8-13-20(16)26-24(32)28-27-22-18-11-6-7-14-21(18)30(23(22)31)15-29(2)17-9-4-3-5-10-17/h6-8,11-14,17,31H,3-5,9-10,15H2,1-2H3,(H,26,32)/p+1. The van der Waals surface area contributed by atoms with Crippen molar-refractivity contribution in [2.45, 2.75) is 51.7 Å². The molecule has 32 heavy (non-hydrogen) atoms. The predicted octanol–water partition coefficient (Wildman–Crippen LogP) is 5.59. The highest BCUT2D eigenvalue weighted by atomic mass is 35.5. The lowest BCUT2D eigenvalue weighted by Gasteiger charge is -2.28. The van der Waals surface area contributed by atoms with E-state index in [2.05, 4.69) is 22.6 Å². The van der Waals surface area contributed by atoms with Crippen LogP contribution in [0.1, 0.15) is 37.7 Å². The Kier molecular flexibility index (Phi) is 7.08. The van der Waals surface area contributed by atoms with E-state index >= 15 is 0 Å². The second kappa shape index (κ2) is 9.98. The van der Waals surface area contributed by atoms with Crippen molar-refractivity contribution in [3.8, 4) is 5.88 Å². The number of hydrogen-bond acceptors (Lipinski definition) is 3. The van der Waals surface area contributed by atoms with Crippen molar-refractivity contribution in [1.82, 2.24) is 4.57 Å². The van der Waals surface area contributed by atoms with Crippen LogP contribution in [0.15, 0.2) is 52.7 Å². The van der Waals surface area contributed by atoms with Gasteiger partial charge in [-0.3, -0.25) is 4.57 Å². The molecule has 8 heteroatoms. The summed E-state index contributed by atoms with van der Waals surface area (Å²) in [5.41, 5.74) is 3.05. The van der Waals surface area contributed by atoms with Crippen molar-refractivity contribution < 1.29 is 10.0 Å². The molecule has 2 aromatic carbocycles. The van der Waals surface area contributed by atoms with E-state index in [-0.39, 0.29) is 11.0 Å². The molecule has 1 aliphatic rings. The monoisotopic (exact) mass is 470 g/mol. The highest BCUT2D eigenvalue weighted by Crippen LogP contribution is 2.38. The van der Waals surface area contributed by atoms with Gasteiger partial charge in [0.2, 0.25) is 11.0 Å². The highest BCUT2D eigenvalue weighted by Gasteiger charge is 2.24. The molecule has 3 aromatic rings. The molecule has 0 spiro atoms. The molecule has 1 aromatic heterocycles. The quantitative estimate of drug-likeness (QED) is 0.336. The minimum atomic E-state index is 0.117. The number of fused-ring (bicyclic) bond motifs is 1. The summed E-state index contributed by atoms with van der Waals surface area (Å²) < 4.78 is 1.94.